The van der Waals surface area contributed by atoms with Gasteiger partial charge in [-0.25, -0.2) is 0 Å². The number of hydrogen-bond acceptors (Lipinski definition) is 18. The van der Waals surface area contributed by atoms with E-state index in [4.69, 9.17) is 26.7 Å². The van der Waals surface area contributed by atoms with E-state index in [0.717, 1.165) is 21.6 Å². The number of rotatable bonds is 21. The lowest BCUT2D eigenvalue weighted by Gasteiger charge is -2.27. The molecule has 3 rings (SSSR count). The lowest BCUT2D eigenvalue weighted by molar-refractivity contribution is -0.141. The summed E-state index contributed by atoms with van der Waals surface area (Å²) in [5.74, 6) is -13.8. The molecule has 77 heavy (non-hydrogen) atoms. The van der Waals surface area contributed by atoms with Gasteiger partial charge in [0, 0.05) is 44.0 Å². The van der Waals surface area contributed by atoms with Crippen molar-refractivity contribution < 1.29 is 77.2 Å². The van der Waals surface area contributed by atoms with Gasteiger partial charge < -0.3 is 90.1 Å². The number of carboxylic acids is 2. The minimum Gasteiger partial charge on any atom is -0.481 e. The highest BCUT2D eigenvalue weighted by molar-refractivity contribution is 8.76. The molecule has 18 N–H and O–H groups in total. The third kappa shape index (κ3) is 25.9. The van der Waals surface area contributed by atoms with E-state index in [-0.39, 0.29) is 76.7 Å². The molecule has 30 nitrogen and oxygen atoms in total. The molecule has 1 aromatic rings. The van der Waals surface area contributed by atoms with Crippen LogP contribution in [0.15, 0.2) is 35.3 Å². The Hall–Kier alpha value is -7.29. The highest BCUT2D eigenvalue weighted by atomic mass is 33.1. The van der Waals surface area contributed by atoms with E-state index in [0.29, 0.717) is 18.7 Å². The maximum absolute atomic E-state index is 14.4. The number of carbonyl (C=O) groups excluding carboxylic acids is 10. The summed E-state index contributed by atoms with van der Waals surface area (Å²) in [4.78, 5) is 165. The van der Waals surface area contributed by atoms with Gasteiger partial charge in [-0.1, -0.05) is 51.9 Å². The summed E-state index contributed by atoms with van der Waals surface area (Å²) in [5, 5.41) is 43.8. The number of aliphatic imine (C=N–C) groups is 1. The zero-order valence-electron chi connectivity index (χ0n) is 42.0. The Morgan fingerprint density at radius 3 is 1.82 bits per heavy atom. The van der Waals surface area contributed by atoms with Crippen molar-refractivity contribution in [2.24, 2.45) is 22.2 Å². The fourth-order valence-electron chi connectivity index (χ4n) is 7.12. The maximum Gasteiger partial charge on any atom is 0.305 e. The highest BCUT2D eigenvalue weighted by Crippen LogP contribution is 2.24. The van der Waals surface area contributed by atoms with Crippen molar-refractivity contribution in [1.29, 1.82) is 0 Å². The van der Waals surface area contributed by atoms with Crippen LogP contribution in [-0.2, 0) is 73.4 Å². The van der Waals surface area contributed by atoms with Gasteiger partial charge in [0.15, 0.2) is 5.96 Å². The summed E-state index contributed by atoms with van der Waals surface area (Å²) >= 11 is 0. The monoisotopic (exact) mass is 1120 g/mol. The molecule has 0 unspecified atom stereocenters. The number of aliphatic carboxylic acids is 2. The minimum atomic E-state index is -1.84. The fraction of sp³-hybridized carbons (Fsp3) is 0.578. The summed E-state index contributed by atoms with van der Waals surface area (Å²) in [6, 6.07) is -3.04. The summed E-state index contributed by atoms with van der Waals surface area (Å²) in [6.07, 6.45) is -3.22. The number of benzene rings is 1. The Balaban J connectivity index is 2.08. The zero-order chi connectivity index (χ0) is 56.7. The molecule has 32 heteroatoms. The molecule has 10 amide bonds. The minimum absolute atomic E-state index is 0.0123. The molecule has 0 saturated carbocycles. The number of nitrogens with zero attached hydrogens (tertiary/aromatic N) is 1. The van der Waals surface area contributed by atoms with Gasteiger partial charge in [-0.05, 0) is 31.2 Å². The van der Waals surface area contributed by atoms with E-state index in [1.807, 2.05) is 0 Å². The third-order valence-electron chi connectivity index (χ3n) is 11.0. The molecule has 2 bridgehead atoms. The lowest BCUT2D eigenvalue weighted by Crippen LogP contribution is -2.60. The second-order valence-electron chi connectivity index (χ2n) is 17.1. The van der Waals surface area contributed by atoms with Crippen LogP contribution in [0.3, 0.4) is 0 Å². The number of hydrogen-bond donors (Lipinski definition) is 15. The first-order valence-electron chi connectivity index (χ1n) is 24.3. The fourth-order valence-corrected chi connectivity index (χ4v) is 9.45. The third-order valence-corrected chi connectivity index (χ3v) is 13.4. The Morgan fingerprint density at radius 2 is 1.23 bits per heavy atom. The topological polar surface area (TPSA) is 474 Å². The molecule has 2 saturated heterocycles. The Morgan fingerprint density at radius 1 is 0.662 bits per heavy atom. The van der Waals surface area contributed by atoms with Gasteiger partial charge in [0.2, 0.25) is 59.1 Å². The van der Waals surface area contributed by atoms with Crippen LogP contribution in [0.4, 0.5) is 0 Å². The predicted molar refractivity (Wildman–Crippen MR) is 277 cm³/mol. The number of guanidine groups is 1. The van der Waals surface area contributed by atoms with Crippen LogP contribution >= 0.6 is 21.6 Å². The number of ether oxygens (including phenoxy) is 2. The Labute approximate surface area is 449 Å². The molecular weight excluding hydrogens is 1060 g/mol. The molecule has 0 radical (unpaired) electrons. The predicted octanol–water partition coefficient (Wildman–Crippen LogP) is -6.45. The molecule has 2 heterocycles. The number of carboxylic acid groups (broad SMARTS) is 2. The lowest BCUT2D eigenvalue weighted by atomic mass is 10.0. The van der Waals surface area contributed by atoms with Crippen molar-refractivity contribution in [2.75, 3.05) is 70.7 Å². The van der Waals surface area contributed by atoms with Crippen molar-refractivity contribution in [1.82, 2.24) is 53.2 Å². The normalized spacial score (nSPS) is 22.7. The molecule has 0 aliphatic carbocycles. The second kappa shape index (κ2) is 35.1. The van der Waals surface area contributed by atoms with Crippen molar-refractivity contribution >= 4 is 98.6 Å². The number of amides is 10. The number of nitrogens with one attached hydrogen (secondary N) is 10. The van der Waals surface area contributed by atoms with Crippen LogP contribution in [0.1, 0.15) is 50.5 Å². The first kappa shape index (κ1) is 64.0. The summed E-state index contributed by atoms with van der Waals surface area (Å²) in [6.45, 7) is -0.0726. The molecule has 2 fully saturated rings. The van der Waals surface area contributed by atoms with Crippen molar-refractivity contribution in [3.05, 3.63) is 35.9 Å². The van der Waals surface area contributed by atoms with Gasteiger partial charge in [0.05, 0.1) is 52.4 Å². The van der Waals surface area contributed by atoms with Gasteiger partial charge in [-0.3, -0.25) is 62.5 Å². The van der Waals surface area contributed by atoms with Gasteiger partial charge in [0.25, 0.3) is 0 Å². The van der Waals surface area contributed by atoms with Crippen LogP contribution in [0, 0.1) is 0 Å². The van der Waals surface area contributed by atoms with E-state index < -0.39 is 151 Å². The van der Waals surface area contributed by atoms with Crippen LogP contribution in [0.25, 0.3) is 0 Å². The van der Waals surface area contributed by atoms with Crippen molar-refractivity contribution in [3.8, 4) is 0 Å². The number of fused-ring (bicyclic) bond motifs is 5. The van der Waals surface area contributed by atoms with E-state index in [1.165, 1.54) is 0 Å². The van der Waals surface area contributed by atoms with Gasteiger partial charge in [-0.2, -0.15) is 0 Å². The van der Waals surface area contributed by atoms with Gasteiger partial charge in [0.1, 0.15) is 42.3 Å². The molecule has 0 aromatic heterocycles. The van der Waals surface area contributed by atoms with E-state index in [2.05, 4.69) is 58.2 Å². The van der Waals surface area contributed by atoms with E-state index in [9.17, 15) is 67.7 Å². The molecular formula is C45H68N14O16S2. The largest absolute Gasteiger partial charge is 0.481 e. The van der Waals surface area contributed by atoms with Crippen molar-refractivity contribution in [2.45, 2.75) is 93.7 Å². The van der Waals surface area contributed by atoms with Crippen LogP contribution < -0.4 is 70.4 Å². The average molecular weight is 1130 g/mol. The summed E-state index contributed by atoms with van der Waals surface area (Å²) < 4.78 is 10.6. The summed E-state index contributed by atoms with van der Waals surface area (Å²) in [7, 11) is 1.68. The van der Waals surface area contributed by atoms with Gasteiger partial charge in [-0.15, -0.1) is 0 Å². The average Bonchev–Trinajstić information content (AvgIpc) is 3.37. The Kier molecular flexibility index (Phi) is 29.2. The quantitative estimate of drug-likeness (QED) is 0.0236. The maximum atomic E-state index is 14.4. The standard InChI is InChI=1S/C45H68N14O16S2/c46-11-14-74-16-17-75-15-13-49-34(61)21-51-38(67)26-8-4-10-33(60)53-29(19-36(63)64)41(70)58-31-23-76-77-24-32(44(73)57-28(40(69)55-26)18-25-6-2-1-3-7-25)59-42(71)30(20-37(65)66)54-35(62)22-52-39(68)27(56-43(31)72)9-5-12-50-45(47)48/h1-3,6-7,26-32H,4-5,8-24,46H2,(H,49,61)(H,51,67)(H,52,68)(H,53,60)(H,54,62)(H,55,69)(H,56,72)(H,57,73)(H,58,70)(H,59,71)(H,63,64)(H,65,66)(H4,47,48,50)/t26-,27-,28-,29-,30-,31-,32-/m0/s1. The highest BCUT2D eigenvalue weighted by Gasteiger charge is 2.35. The van der Waals surface area contributed by atoms with Gasteiger partial charge >= 0.3 is 11.9 Å². The smallest absolute Gasteiger partial charge is 0.305 e. The second-order valence-corrected chi connectivity index (χ2v) is 19.7. The summed E-state index contributed by atoms with van der Waals surface area (Å²) in [5.41, 5.74) is 16.7. The van der Waals surface area contributed by atoms with E-state index in [1.54, 1.807) is 30.3 Å². The van der Waals surface area contributed by atoms with Crippen LogP contribution in [-0.4, -0.2) is 200 Å². The molecule has 1 aromatic carbocycles. The molecule has 0 spiro atoms. The molecule has 2 aliphatic heterocycles. The first-order valence-corrected chi connectivity index (χ1v) is 26.8. The number of carbonyl (C=O) groups is 12. The molecule has 426 valence electrons. The zero-order valence-corrected chi connectivity index (χ0v) is 43.6. The SMILES string of the molecule is NCCOCCOCCNC(=O)CNC(=O)[C@@H]1CCCC(=O)N[C@@H](CC(=O)O)C(=O)N[C@H]2CSSC[C@H](NC(=O)[C@H](CC(=O)O)NC(=O)CNC(=O)[C@H](CCCN=C(N)N)NC2=O)C(=O)N[C@@H](Cc2ccccc2)C(=O)N1. The molecule has 7 atom stereocenters. The first-order chi connectivity index (χ1) is 36.8. The Bertz CT molecular complexity index is 2250. The number of nitrogens with two attached hydrogens (primary N) is 3. The van der Waals surface area contributed by atoms with Crippen molar-refractivity contribution in [3.63, 3.8) is 0 Å². The van der Waals surface area contributed by atoms with Crippen LogP contribution in [0.5, 0.6) is 0 Å². The van der Waals surface area contributed by atoms with E-state index >= 15 is 0 Å². The van der Waals surface area contributed by atoms with Crippen LogP contribution in [0.2, 0.25) is 0 Å². The molecule has 2 aliphatic rings.